The fourth-order valence-corrected chi connectivity index (χ4v) is 9.68. The van der Waals surface area contributed by atoms with Gasteiger partial charge in [0.2, 0.25) is 16.0 Å². The quantitative estimate of drug-likeness (QED) is 0.112. The summed E-state index contributed by atoms with van der Waals surface area (Å²) in [5, 5.41) is 8.80. The molecule has 2 saturated heterocycles. The normalized spacial score (nSPS) is 16.2. The van der Waals surface area contributed by atoms with Crippen molar-refractivity contribution in [1.29, 1.82) is 0 Å². The largest absolute Gasteiger partial charge is 0.370 e. The van der Waals surface area contributed by atoms with Crippen molar-refractivity contribution in [2.24, 2.45) is 5.92 Å². The highest BCUT2D eigenvalue weighted by Gasteiger charge is 2.28. The van der Waals surface area contributed by atoms with Gasteiger partial charge in [-0.15, -0.1) is 11.3 Å². The van der Waals surface area contributed by atoms with Crippen LogP contribution in [0.15, 0.2) is 61.2 Å². The molecule has 2 fully saturated rings. The minimum absolute atomic E-state index is 0.0120. The van der Waals surface area contributed by atoms with E-state index in [4.69, 9.17) is 15.1 Å². The van der Waals surface area contributed by atoms with Crippen LogP contribution in [0.25, 0.3) is 21.8 Å². The molecule has 0 aliphatic carbocycles. The summed E-state index contributed by atoms with van der Waals surface area (Å²) in [6, 6.07) is 10.5. The zero-order valence-corrected chi connectivity index (χ0v) is 34.8. The van der Waals surface area contributed by atoms with Crippen LogP contribution in [-0.2, 0) is 15.4 Å². The van der Waals surface area contributed by atoms with E-state index >= 15 is 4.39 Å². The van der Waals surface area contributed by atoms with Crippen LogP contribution in [0.3, 0.4) is 0 Å². The summed E-state index contributed by atoms with van der Waals surface area (Å²) >= 11 is 1.43. The second-order valence-corrected chi connectivity index (χ2v) is 18.9. The number of halogens is 1. The molecule has 13 nitrogen and oxygen atoms in total. The molecular formula is C41H51FN10O3S2. The number of nitrogens with one attached hydrogen (secondary N) is 2. The standard InChI is InChI=1S/C41H51FN10O3S2/c1-6-22-57(54,55)49-34-9-7-8-32(36(34)42)37-38(56-39(48-37)41(3,4)5)35-12-17-43-40(47-35)46-29-23-45-52(26-29)30-15-18-50(19-16-30)25-28-13-20-51(21-14-28)31-10-11-33(27(2)53)44-24-31/h7-12,17,23-24,26,28,30,49H,6,13-16,18-22,25H2,1-5H3,(H,43,46,47). The average molecular weight is 815 g/mol. The van der Waals surface area contributed by atoms with E-state index in [2.05, 4.69) is 29.8 Å². The highest BCUT2D eigenvalue weighted by Crippen LogP contribution is 2.42. The molecule has 4 aromatic heterocycles. The van der Waals surface area contributed by atoms with Crippen LogP contribution in [0.1, 0.15) is 88.3 Å². The predicted octanol–water partition coefficient (Wildman–Crippen LogP) is 7.95. The fourth-order valence-electron chi connectivity index (χ4n) is 7.44. The van der Waals surface area contributed by atoms with E-state index < -0.39 is 15.8 Å². The second-order valence-electron chi connectivity index (χ2n) is 16.1. The number of ketones is 1. The average Bonchev–Trinajstić information content (AvgIpc) is 3.85. The Morgan fingerprint density at radius 1 is 0.982 bits per heavy atom. The van der Waals surface area contributed by atoms with Crippen LogP contribution < -0.4 is 14.9 Å². The van der Waals surface area contributed by atoms with E-state index in [1.807, 2.05) is 50.0 Å². The van der Waals surface area contributed by atoms with Gasteiger partial charge in [-0.3, -0.25) is 19.2 Å². The number of aromatic nitrogens is 6. The Morgan fingerprint density at radius 3 is 2.44 bits per heavy atom. The van der Waals surface area contributed by atoms with E-state index in [9.17, 15) is 13.2 Å². The van der Waals surface area contributed by atoms with Crippen molar-refractivity contribution in [3.8, 4) is 21.8 Å². The molecule has 302 valence electrons. The maximum atomic E-state index is 16.0. The number of carbonyl (C=O) groups is 1. The molecule has 0 spiro atoms. The lowest BCUT2D eigenvalue weighted by atomic mass is 9.94. The Labute approximate surface area is 338 Å². The molecule has 1 aromatic carbocycles. The molecule has 6 heterocycles. The summed E-state index contributed by atoms with van der Waals surface area (Å²) in [7, 11) is -3.70. The van der Waals surface area contributed by atoms with Crippen LogP contribution in [0.2, 0.25) is 0 Å². The Bertz CT molecular complexity index is 2290. The molecule has 0 amide bonds. The number of carbonyl (C=O) groups excluding carboxylic acids is 1. The Hall–Kier alpha value is -4.80. The van der Waals surface area contributed by atoms with E-state index in [-0.39, 0.29) is 28.2 Å². The number of sulfonamides is 1. The SMILES string of the molecule is CCCS(=O)(=O)Nc1cccc(-c2nc(C(C)(C)C)sc2-c2ccnc(Nc3cnn(C4CCN(CC5CCN(c6ccc(C(C)=O)nc6)CC5)CC4)c3)n2)c1F. The van der Waals surface area contributed by atoms with Gasteiger partial charge in [-0.1, -0.05) is 33.8 Å². The first kappa shape index (κ1) is 40.4. The molecule has 7 rings (SSSR count). The number of Topliss-reactive ketones (excluding diaryl/α,β-unsaturated/α-hetero) is 1. The minimum atomic E-state index is -3.70. The molecule has 0 radical (unpaired) electrons. The van der Waals surface area contributed by atoms with Crippen LogP contribution >= 0.6 is 11.3 Å². The second kappa shape index (κ2) is 17.0. The first-order chi connectivity index (χ1) is 27.3. The number of anilines is 4. The number of pyridine rings is 1. The van der Waals surface area contributed by atoms with E-state index in [1.165, 1.54) is 17.4 Å². The van der Waals surface area contributed by atoms with Crippen LogP contribution in [0.4, 0.5) is 27.4 Å². The van der Waals surface area contributed by atoms with Gasteiger partial charge in [-0.2, -0.15) is 5.10 Å². The molecule has 16 heteroatoms. The van der Waals surface area contributed by atoms with Crippen molar-refractivity contribution < 1.29 is 17.6 Å². The minimum Gasteiger partial charge on any atom is -0.370 e. The Balaban J connectivity index is 0.979. The Kier molecular flexibility index (Phi) is 12.0. The number of piperidine rings is 2. The van der Waals surface area contributed by atoms with Crippen LogP contribution in [-0.4, -0.2) is 87.3 Å². The van der Waals surface area contributed by atoms with Gasteiger partial charge in [0.05, 0.1) is 62.5 Å². The van der Waals surface area contributed by atoms with Crippen molar-refractivity contribution in [3.63, 3.8) is 0 Å². The summed E-state index contributed by atoms with van der Waals surface area (Å²) in [4.78, 5) is 35.7. The van der Waals surface area contributed by atoms with Gasteiger partial charge in [-0.25, -0.2) is 27.8 Å². The molecule has 0 saturated carbocycles. The maximum Gasteiger partial charge on any atom is 0.232 e. The van der Waals surface area contributed by atoms with Gasteiger partial charge in [0.25, 0.3) is 0 Å². The number of hydrogen-bond donors (Lipinski definition) is 2. The first-order valence-electron chi connectivity index (χ1n) is 19.7. The van der Waals surface area contributed by atoms with Crippen molar-refractivity contribution in [3.05, 3.63) is 77.7 Å². The zero-order valence-electron chi connectivity index (χ0n) is 33.2. The van der Waals surface area contributed by atoms with Gasteiger partial charge >= 0.3 is 0 Å². The molecule has 2 aliphatic rings. The molecule has 0 bridgehead atoms. The zero-order chi connectivity index (χ0) is 40.3. The summed E-state index contributed by atoms with van der Waals surface area (Å²) in [6.07, 6.45) is 12.0. The molecule has 2 aliphatic heterocycles. The van der Waals surface area contributed by atoms with Crippen LogP contribution in [0, 0.1) is 11.7 Å². The third kappa shape index (κ3) is 9.67. The van der Waals surface area contributed by atoms with E-state index in [1.54, 1.807) is 44.4 Å². The molecule has 0 atom stereocenters. The number of rotatable bonds is 13. The summed E-state index contributed by atoms with van der Waals surface area (Å²) in [5.74, 6) is 0.222. The fraction of sp³-hybridized carbons (Fsp3) is 0.463. The smallest absolute Gasteiger partial charge is 0.232 e. The van der Waals surface area contributed by atoms with Crippen molar-refractivity contribution in [2.45, 2.75) is 78.2 Å². The lowest BCUT2D eigenvalue weighted by molar-refractivity contribution is 0.101. The number of benzene rings is 1. The molecule has 2 N–H and O–H groups in total. The monoisotopic (exact) mass is 814 g/mol. The number of nitrogens with zero attached hydrogens (tertiary/aromatic N) is 8. The molecule has 0 unspecified atom stereocenters. The maximum absolute atomic E-state index is 16.0. The summed E-state index contributed by atoms with van der Waals surface area (Å²) < 4.78 is 45.5. The topological polar surface area (TPSA) is 151 Å². The number of likely N-dealkylation sites (tertiary alicyclic amines) is 1. The summed E-state index contributed by atoms with van der Waals surface area (Å²) in [5.41, 5.74) is 3.07. The number of thiazole rings is 1. The van der Waals surface area contributed by atoms with Gasteiger partial charge in [0, 0.05) is 63.0 Å². The molecule has 57 heavy (non-hydrogen) atoms. The van der Waals surface area contributed by atoms with Crippen molar-refractivity contribution in [2.75, 3.05) is 53.4 Å². The van der Waals surface area contributed by atoms with Gasteiger partial charge in [0.1, 0.15) is 5.69 Å². The lowest BCUT2D eigenvalue weighted by Gasteiger charge is -2.38. The Morgan fingerprint density at radius 2 is 1.75 bits per heavy atom. The predicted molar refractivity (Wildman–Crippen MR) is 224 cm³/mol. The highest BCUT2D eigenvalue weighted by molar-refractivity contribution is 7.92. The molecule has 5 aromatic rings. The third-order valence-corrected chi connectivity index (χ3v) is 13.5. The van der Waals surface area contributed by atoms with E-state index in [0.717, 1.165) is 74.8 Å². The summed E-state index contributed by atoms with van der Waals surface area (Å²) in [6.45, 7) is 14.6. The van der Waals surface area contributed by atoms with Gasteiger partial charge in [0.15, 0.2) is 11.6 Å². The number of hydrogen-bond acceptors (Lipinski definition) is 12. The highest BCUT2D eigenvalue weighted by atomic mass is 32.2. The van der Waals surface area contributed by atoms with Crippen molar-refractivity contribution >= 4 is 50.2 Å². The van der Waals surface area contributed by atoms with Crippen molar-refractivity contribution in [1.82, 2.24) is 34.6 Å². The van der Waals surface area contributed by atoms with E-state index in [0.29, 0.717) is 46.3 Å². The van der Waals surface area contributed by atoms with Crippen LogP contribution in [0.5, 0.6) is 0 Å². The first-order valence-corrected chi connectivity index (χ1v) is 22.1. The lowest BCUT2D eigenvalue weighted by Crippen LogP contribution is -2.42. The third-order valence-electron chi connectivity index (χ3n) is 10.5. The van der Waals surface area contributed by atoms with Gasteiger partial charge in [-0.05, 0) is 68.4 Å². The molecular weight excluding hydrogens is 764 g/mol. The van der Waals surface area contributed by atoms with Gasteiger partial charge < -0.3 is 15.1 Å².